The molecule has 2 heterocycles. The summed E-state index contributed by atoms with van der Waals surface area (Å²) < 4.78 is 1.21. The first-order valence-corrected chi connectivity index (χ1v) is 7.52. The van der Waals surface area contributed by atoms with E-state index in [2.05, 4.69) is 4.99 Å². The summed E-state index contributed by atoms with van der Waals surface area (Å²) in [6, 6.07) is 5.78. The molecule has 22 heavy (non-hydrogen) atoms. The molecule has 1 aromatic carbocycles. The van der Waals surface area contributed by atoms with Gasteiger partial charge in [0.25, 0.3) is 5.91 Å². The minimum atomic E-state index is -1.37. The molecule has 0 saturated carbocycles. The number of carbonyl (C=O) groups excluding carboxylic acids is 2. The number of aromatic nitrogens is 1. The maximum absolute atomic E-state index is 12.1. The summed E-state index contributed by atoms with van der Waals surface area (Å²) in [4.78, 5) is 27.3. The van der Waals surface area contributed by atoms with Gasteiger partial charge in [0, 0.05) is 5.22 Å². The molecule has 0 unspecified atom stereocenters. The molecule has 1 N–H and O–H groups in total. The molecule has 0 aliphatic carbocycles. The van der Waals surface area contributed by atoms with Crippen LogP contribution in [0, 0.1) is 3.95 Å². The Morgan fingerprint density at radius 1 is 1.45 bits per heavy atom. The maximum Gasteiger partial charge on any atom is 0.279 e. The second-order valence-corrected chi connectivity index (χ2v) is 6.34. The maximum atomic E-state index is 12.1. The van der Waals surface area contributed by atoms with Crippen LogP contribution >= 0.6 is 23.6 Å². The summed E-state index contributed by atoms with van der Waals surface area (Å²) in [5.41, 5.74) is 0.230. The lowest BCUT2D eigenvalue weighted by atomic mass is 10.1. The van der Waals surface area contributed by atoms with Crippen LogP contribution in [0.3, 0.4) is 0 Å². The molecule has 1 aliphatic rings. The van der Waals surface area contributed by atoms with Gasteiger partial charge in [-0.3, -0.25) is 9.36 Å². The van der Waals surface area contributed by atoms with Crippen LogP contribution in [0.2, 0.25) is 0 Å². The van der Waals surface area contributed by atoms with Crippen LogP contribution in [-0.2, 0) is 9.59 Å². The predicted octanol–water partition coefficient (Wildman–Crippen LogP) is -0.346. The highest BCUT2D eigenvalue weighted by molar-refractivity contribution is 7.73. The summed E-state index contributed by atoms with van der Waals surface area (Å²) >= 11 is 6.07. The van der Waals surface area contributed by atoms with E-state index in [4.69, 9.17) is 12.2 Å². The van der Waals surface area contributed by atoms with Crippen LogP contribution in [0.1, 0.15) is 17.8 Å². The van der Waals surface area contributed by atoms with Crippen LogP contribution in [0.15, 0.2) is 29.3 Å². The third-order valence-corrected chi connectivity index (χ3v) is 4.79. The molecule has 112 valence electrons. The van der Waals surface area contributed by atoms with Crippen LogP contribution in [0.5, 0.6) is 5.88 Å². The Morgan fingerprint density at radius 2 is 2.14 bits per heavy atom. The van der Waals surface area contributed by atoms with E-state index in [-0.39, 0.29) is 20.3 Å². The van der Waals surface area contributed by atoms with Gasteiger partial charge in [-0.2, -0.15) is 0 Å². The van der Waals surface area contributed by atoms with E-state index in [1.807, 2.05) is 0 Å². The lowest BCUT2D eigenvalue weighted by Gasteiger charge is -2.15. The molecule has 8 heteroatoms. The van der Waals surface area contributed by atoms with E-state index in [1.165, 1.54) is 6.92 Å². The third-order valence-electron chi connectivity index (χ3n) is 3.38. The lowest BCUT2D eigenvalue weighted by molar-refractivity contribution is -0.309. The molecule has 1 aromatic heterocycles. The second kappa shape index (κ2) is 5.15. The van der Waals surface area contributed by atoms with E-state index in [1.54, 1.807) is 24.3 Å². The number of fused-ring (bicyclic) bond motifs is 1. The zero-order chi connectivity index (χ0) is 16.0. The minimum Gasteiger partial charge on any atom is -0.548 e. The largest absolute Gasteiger partial charge is 0.548 e. The van der Waals surface area contributed by atoms with Crippen molar-refractivity contribution in [2.24, 2.45) is 4.99 Å². The van der Waals surface area contributed by atoms with E-state index < -0.39 is 17.9 Å². The molecule has 0 spiro atoms. The molecule has 0 saturated heterocycles. The van der Waals surface area contributed by atoms with E-state index in [0.717, 1.165) is 15.9 Å². The quantitative estimate of drug-likeness (QED) is 0.775. The van der Waals surface area contributed by atoms with Crippen molar-refractivity contribution in [2.45, 2.75) is 13.0 Å². The number of thiazole rings is 1. The molecule has 1 atom stereocenters. The number of benzene rings is 1. The molecule has 3 rings (SSSR count). The fourth-order valence-electron chi connectivity index (χ4n) is 2.27. The average Bonchev–Trinajstić information content (AvgIpc) is 2.94. The Labute approximate surface area is 133 Å². The van der Waals surface area contributed by atoms with Gasteiger partial charge in [-0.1, -0.05) is 18.2 Å². The summed E-state index contributed by atoms with van der Waals surface area (Å²) in [5, 5.41) is 22.5. The molecule has 0 fully saturated rings. The number of aromatic hydroxyl groups is 1. The molecule has 2 aromatic rings. The first kappa shape index (κ1) is 14.6. The van der Waals surface area contributed by atoms with Crippen LogP contribution in [0.25, 0.3) is 5.57 Å². The number of nitrogens with zero attached hydrogens (tertiary/aromatic N) is 2. The predicted molar refractivity (Wildman–Crippen MR) is 79.3 cm³/mol. The number of carboxylic acid groups (broad SMARTS) is 1. The van der Waals surface area contributed by atoms with Gasteiger partial charge >= 0.3 is 0 Å². The van der Waals surface area contributed by atoms with Gasteiger partial charge in [-0.15, -0.1) is 11.3 Å². The highest BCUT2D eigenvalue weighted by Gasteiger charge is 2.26. The van der Waals surface area contributed by atoms with E-state index >= 15 is 0 Å². The Balaban J connectivity index is 2.31. The smallest absolute Gasteiger partial charge is 0.279 e. The number of hydrogen-bond donors (Lipinski definition) is 1. The molecule has 1 amide bonds. The Hall–Kier alpha value is -2.32. The van der Waals surface area contributed by atoms with Crippen molar-refractivity contribution >= 4 is 41.0 Å². The molecule has 0 bridgehead atoms. The normalized spacial score (nSPS) is 14.6. The zero-order valence-electron chi connectivity index (χ0n) is 11.3. The average molecular weight is 333 g/mol. The van der Waals surface area contributed by atoms with Gasteiger partial charge in [0.2, 0.25) is 5.88 Å². The standard InChI is InChI=1S/C14H10N2O4S2/c1-6(13(19)20)16-12(18)10(22-14(16)21)9-7-4-2-3-5-8(7)15-11(9)17/h2-6,18H,1H3,(H,19,20)/p-1/t6-/m0/s1. The van der Waals surface area contributed by atoms with Crippen molar-refractivity contribution in [1.82, 2.24) is 4.57 Å². The van der Waals surface area contributed by atoms with E-state index in [0.29, 0.717) is 10.6 Å². The number of aliphatic carboxylic acids is 1. The summed E-state index contributed by atoms with van der Waals surface area (Å²) in [5.74, 6) is -2.22. The number of rotatable bonds is 3. The number of para-hydroxylation sites is 1. The van der Waals surface area contributed by atoms with Gasteiger partial charge in [-0.05, 0) is 25.2 Å². The number of carbonyl (C=O) groups is 2. The van der Waals surface area contributed by atoms with Gasteiger partial charge in [-0.25, -0.2) is 4.99 Å². The van der Waals surface area contributed by atoms with Gasteiger partial charge in [0.1, 0.15) is 4.88 Å². The van der Waals surface area contributed by atoms with Gasteiger partial charge < -0.3 is 15.0 Å². The van der Waals surface area contributed by atoms with Crippen molar-refractivity contribution < 1.29 is 19.8 Å². The number of carboxylic acids is 1. The fraction of sp³-hybridized carbons (Fsp3) is 0.143. The first-order valence-electron chi connectivity index (χ1n) is 6.29. The summed E-state index contributed by atoms with van der Waals surface area (Å²) in [6.45, 7) is 1.35. The molecule has 6 nitrogen and oxygen atoms in total. The van der Waals surface area contributed by atoms with Crippen molar-refractivity contribution in [2.75, 3.05) is 0 Å². The highest BCUT2D eigenvalue weighted by Crippen LogP contribution is 2.34. The van der Waals surface area contributed by atoms with Crippen LogP contribution in [0.4, 0.5) is 0 Å². The van der Waals surface area contributed by atoms with Crippen molar-refractivity contribution in [1.29, 1.82) is 0 Å². The molecular formula is C14H9N2O4S2-. The summed E-state index contributed by atoms with van der Waals surface area (Å²) in [7, 11) is 0. The molecule has 1 aliphatic heterocycles. The molecule has 0 radical (unpaired) electrons. The molecular weight excluding hydrogens is 324 g/mol. The van der Waals surface area contributed by atoms with Gasteiger partial charge in [0.15, 0.2) is 3.95 Å². The number of hydrogen-bond acceptors (Lipinski definition) is 6. The topological polar surface area (TPSA) is 94.7 Å². The van der Waals surface area contributed by atoms with Gasteiger partial charge in [0.05, 0.1) is 22.9 Å². The van der Waals surface area contributed by atoms with Crippen molar-refractivity contribution in [3.8, 4) is 5.88 Å². The van der Waals surface area contributed by atoms with E-state index in [9.17, 15) is 19.8 Å². The van der Waals surface area contributed by atoms with Crippen molar-refractivity contribution in [3.05, 3.63) is 43.7 Å². The Morgan fingerprint density at radius 3 is 2.82 bits per heavy atom. The lowest BCUT2D eigenvalue weighted by Crippen LogP contribution is -2.31. The zero-order valence-corrected chi connectivity index (χ0v) is 12.9. The third kappa shape index (κ3) is 2.08. The van der Waals surface area contributed by atoms with Crippen LogP contribution < -0.4 is 15.7 Å². The Kier molecular flexibility index (Phi) is 3.42. The summed E-state index contributed by atoms with van der Waals surface area (Å²) in [6.07, 6.45) is 0. The monoisotopic (exact) mass is 333 g/mol. The fourth-order valence-corrected chi connectivity index (χ4v) is 3.77. The minimum absolute atomic E-state index is 0.147. The second-order valence-electron chi connectivity index (χ2n) is 4.69. The van der Waals surface area contributed by atoms with Crippen molar-refractivity contribution in [3.63, 3.8) is 0 Å². The SMILES string of the molecule is C[C@@H](C(=O)[O-])n1c(O)c(C2=c3ccccc3=NC2=O)sc1=S. The first-order chi connectivity index (χ1) is 10.4. The van der Waals surface area contributed by atoms with Crippen LogP contribution in [-0.4, -0.2) is 21.6 Å². The number of amides is 1. The highest BCUT2D eigenvalue weighted by atomic mass is 32.1. The Bertz CT molecular complexity index is 987.